The van der Waals surface area contributed by atoms with Crippen molar-refractivity contribution in [3.8, 4) is 11.8 Å². The van der Waals surface area contributed by atoms with Crippen LogP contribution >= 0.6 is 0 Å². The van der Waals surface area contributed by atoms with Gasteiger partial charge in [-0.1, -0.05) is 67.2 Å². The van der Waals surface area contributed by atoms with Crippen LogP contribution in [0.2, 0.25) is 0 Å². The molecule has 1 fully saturated rings. The Hall–Kier alpha value is -0.520. The van der Waals surface area contributed by atoms with Crippen LogP contribution in [-0.4, -0.2) is 5.79 Å². The second-order valence-corrected chi connectivity index (χ2v) is 7.83. The smallest absolute Gasteiger partial charge is 0.192 e. The van der Waals surface area contributed by atoms with Crippen LogP contribution in [0.4, 0.5) is 0 Å². The fourth-order valence-electron chi connectivity index (χ4n) is 2.26. The van der Waals surface area contributed by atoms with Crippen LogP contribution in [0.1, 0.15) is 62.3 Å². The molecule has 1 atom stereocenters. The summed E-state index contributed by atoms with van der Waals surface area (Å²) < 4.78 is 0. The van der Waals surface area contributed by atoms with Crippen molar-refractivity contribution in [1.82, 2.24) is 0 Å². The third-order valence-corrected chi connectivity index (χ3v) is 4.01. The highest BCUT2D eigenvalue weighted by molar-refractivity contribution is 5.24. The first-order chi connectivity index (χ1) is 7.87. The summed E-state index contributed by atoms with van der Waals surface area (Å²) in [6.45, 7) is 19.4. The second kappa shape index (κ2) is 4.25. The van der Waals surface area contributed by atoms with Crippen molar-refractivity contribution >= 4 is 0 Å². The predicted octanol–water partition coefficient (Wildman–Crippen LogP) is 4.40. The summed E-state index contributed by atoms with van der Waals surface area (Å²) in [6, 6.07) is 0. The van der Waals surface area contributed by atoms with Crippen molar-refractivity contribution in [2.75, 3.05) is 0 Å². The van der Waals surface area contributed by atoms with Gasteiger partial charge in [0.05, 0.1) is 5.41 Å². The average molecular weight is 252 g/mol. The Morgan fingerprint density at radius 3 is 1.56 bits per heavy atom. The van der Waals surface area contributed by atoms with E-state index in [-0.39, 0.29) is 16.2 Å². The van der Waals surface area contributed by atoms with Crippen molar-refractivity contribution < 1.29 is 9.78 Å². The maximum Gasteiger partial charge on any atom is 0.255 e. The van der Waals surface area contributed by atoms with Gasteiger partial charge in [-0.3, -0.25) is 0 Å². The molecule has 18 heavy (non-hydrogen) atoms. The molecule has 0 N–H and O–H groups in total. The van der Waals surface area contributed by atoms with E-state index in [0.717, 1.165) is 0 Å². The fraction of sp³-hybridized carbons (Fsp3) is 0.875. The molecule has 2 nitrogen and oxygen atoms in total. The average Bonchev–Trinajstić information content (AvgIpc) is 2.91. The molecular weight excluding hydrogens is 224 g/mol. The summed E-state index contributed by atoms with van der Waals surface area (Å²) in [5, 5.41) is 0. The zero-order chi connectivity index (χ0) is 14.4. The molecular formula is C16H28O2. The molecule has 1 aliphatic heterocycles. The molecule has 0 radical (unpaired) electrons. The van der Waals surface area contributed by atoms with Gasteiger partial charge in [-0.05, 0) is 12.3 Å². The van der Waals surface area contributed by atoms with Gasteiger partial charge in [0.15, 0.2) is 0 Å². The topological polar surface area (TPSA) is 25.1 Å². The highest BCUT2D eigenvalue weighted by atomic mass is 17.4. The molecule has 1 heterocycles. The van der Waals surface area contributed by atoms with Crippen LogP contribution in [0.3, 0.4) is 0 Å². The minimum Gasteiger partial charge on any atom is -0.192 e. The molecule has 0 aromatic carbocycles. The molecule has 0 amide bonds. The summed E-state index contributed by atoms with van der Waals surface area (Å²) in [5.74, 6) is 6.48. The zero-order valence-corrected chi connectivity index (χ0v) is 13.4. The van der Waals surface area contributed by atoms with Gasteiger partial charge in [-0.25, -0.2) is 0 Å². The number of hydrogen-bond acceptors (Lipinski definition) is 2. The number of rotatable bonds is 1. The molecule has 1 saturated heterocycles. The normalized spacial score (nSPS) is 22.1. The Bertz CT molecular complexity index is 367. The lowest BCUT2D eigenvalue weighted by Crippen LogP contribution is -2.51. The zero-order valence-electron chi connectivity index (χ0n) is 13.4. The van der Waals surface area contributed by atoms with E-state index < -0.39 is 5.79 Å². The van der Waals surface area contributed by atoms with Crippen molar-refractivity contribution in [2.24, 2.45) is 22.2 Å². The first-order valence-corrected chi connectivity index (χ1v) is 6.77. The highest BCUT2D eigenvalue weighted by Gasteiger charge is 2.72. The van der Waals surface area contributed by atoms with Gasteiger partial charge in [0, 0.05) is 11.3 Å². The van der Waals surface area contributed by atoms with E-state index in [1.54, 1.807) is 0 Å². The third-order valence-electron chi connectivity index (χ3n) is 4.01. The van der Waals surface area contributed by atoms with E-state index in [4.69, 9.17) is 9.78 Å². The molecule has 0 spiro atoms. The van der Waals surface area contributed by atoms with Crippen molar-refractivity contribution in [2.45, 2.75) is 68.1 Å². The molecule has 2 heteroatoms. The summed E-state index contributed by atoms with van der Waals surface area (Å²) in [5.41, 5.74) is -0.484. The van der Waals surface area contributed by atoms with Crippen molar-refractivity contribution in [3.05, 3.63) is 0 Å². The van der Waals surface area contributed by atoms with Gasteiger partial charge < -0.3 is 0 Å². The molecule has 0 aliphatic carbocycles. The van der Waals surface area contributed by atoms with Gasteiger partial charge in [-0.2, -0.15) is 9.78 Å². The van der Waals surface area contributed by atoms with E-state index in [1.165, 1.54) is 0 Å². The number of hydrogen-bond donors (Lipinski definition) is 0. The quantitative estimate of drug-likeness (QED) is 0.392. The lowest BCUT2D eigenvalue weighted by atomic mass is 9.58. The molecule has 1 rings (SSSR count). The van der Waals surface area contributed by atoms with Gasteiger partial charge in [0.1, 0.15) is 0 Å². The van der Waals surface area contributed by atoms with Gasteiger partial charge in [0.2, 0.25) is 0 Å². The van der Waals surface area contributed by atoms with E-state index in [9.17, 15) is 0 Å². The first kappa shape index (κ1) is 15.5. The van der Waals surface area contributed by atoms with Gasteiger partial charge in [0.25, 0.3) is 5.79 Å². The minimum absolute atomic E-state index is 0.0291. The summed E-state index contributed by atoms with van der Waals surface area (Å²) in [7, 11) is 0. The monoisotopic (exact) mass is 252 g/mol. The Kier molecular flexibility index (Phi) is 3.67. The van der Waals surface area contributed by atoms with E-state index in [2.05, 4.69) is 74.2 Å². The predicted molar refractivity (Wildman–Crippen MR) is 74.5 cm³/mol. The van der Waals surface area contributed by atoms with Crippen molar-refractivity contribution in [3.63, 3.8) is 0 Å². The van der Waals surface area contributed by atoms with Crippen LogP contribution in [-0.2, 0) is 9.78 Å². The lowest BCUT2D eigenvalue weighted by Gasteiger charge is -2.44. The first-order valence-electron chi connectivity index (χ1n) is 6.77. The maximum absolute atomic E-state index is 5.48. The lowest BCUT2D eigenvalue weighted by molar-refractivity contribution is -0.0158. The standard InChI is InChI=1S/C16H28O2/c1-12(2)10-11-15(9,13(3,4)5)16(17-18-16)14(6,7)8/h12H,1-9H3. The van der Waals surface area contributed by atoms with E-state index in [0.29, 0.717) is 5.92 Å². The van der Waals surface area contributed by atoms with E-state index >= 15 is 0 Å². The van der Waals surface area contributed by atoms with Crippen LogP contribution in [0, 0.1) is 34.0 Å². The largest absolute Gasteiger partial charge is 0.255 e. The molecule has 0 aromatic rings. The van der Waals surface area contributed by atoms with Gasteiger partial charge in [-0.15, -0.1) is 0 Å². The summed E-state index contributed by atoms with van der Waals surface area (Å²) in [6.07, 6.45) is 0. The summed E-state index contributed by atoms with van der Waals surface area (Å²) >= 11 is 0. The van der Waals surface area contributed by atoms with Crippen molar-refractivity contribution in [1.29, 1.82) is 0 Å². The molecule has 1 aliphatic rings. The minimum atomic E-state index is -0.611. The second-order valence-electron chi connectivity index (χ2n) is 7.83. The maximum atomic E-state index is 5.48. The molecule has 0 aromatic heterocycles. The Morgan fingerprint density at radius 1 is 0.889 bits per heavy atom. The Balaban J connectivity index is 3.30. The third kappa shape index (κ3) is 2.31. The highest BCUT2D eigenvalue weighted by Crippen LogP contribution is 2.62. The fourth-order valence-corrected chi connectivity index (χ4v) is 2.26. The van der Waals surface area contributed by atoms with Crippen LogP contribution < -0.4 is 0 Å². The summed E-state index contributed by atoms with van der Waals surface area (Å²) in [4.78, 5) is 11.0. The van der Waals surface area contributed by atoms with Crippen LogP contribution in [0.25, 0.3) is 0 Å². The van der Waals surface area contributed by atoms with Crippen LogP contribution in [0.5, 0.6) is 0 Å². The van der Waals surface area contributed by atoms with E-state index in [1.807, 2.05) is 0 Å². The SMILES string of the molecule is CC(C)C#CC(C)(C(C)(C)C)C1(C(C)(C)C)OO1. The molecule has 1 unspecified atom stereocenters. The van der Waals surface area contributed by atoms with Gasteiger partial charge >= 0.3 is 0 Å². The Labute approximate surface area is 112 Å². The molecule has 0 bridgehead atoms. The van der Waals surface area contributed by atoms with Crippen LogP contribution in [0.15, 0.2) is 0 Å². The molecule has 0 saturated carbocycles. The molecule has 104 valence electrons. The Morgan fingerprint density at radius 2 is 1.33 bits per heavy atom.